The third-order valence-corrected chi connectivity index (χ3v) is 4.04. The van der Waals surface area contributed by atoms with Gasteiger partial charge in [0.1, 0.15) is 0 Å². The quantitative estimate of drug-likeness (QED) is 0.585. The molecule has 0 fully saturated rings. The van der Waals surface area contributed by atoms with Gasteiger partial charge in [-0.1, -0.05) is 6.92 Å². The lowest BCUT2D eigenvalue weighted by Gasteiger charge is -2.09. The number of nitrogens with zero attached hydrogens (tertiary/aromatic N) is 2. The molecular formula is C12H21BrClN3O. The van der Waals surface area contributed by atoms with E-state index in [4.69, 9.17) is 16.3 Å². The maximum Gasteiger partial charge on any atom is 0.0767 e. The van der Waals surface area contributed by atoms with Crippen molar-refractivity contribution >= 4 is 27.5 Å². The van der Waals surface area contributed by atoms with Crippen LogP contribution in [0.1, 0.15) is 24.7 Å². The number of rotatable bonds is 8. The summed E-state index contributed by atoms with van der Waals surface area (Å²) in [4.78, 5) is 0. The predicted octanol–water partition coefficient (Wildman–Crippen LogP) is 2.48. The van der Waals surface area contributed by atoms with E-state index in [0.717, 1.165) is 36.1 Å². The lowest BCUT2D eigenvalue weighted by atomic mass is 10.3. The fraction of sp³-hybridized carbons (Fsp3) is 0.750. The molecule has 1 aromatic heterocycles. The molecule has 1 atom stereocenters. The number of hydrogen-bond donors (Lipinski definition) is 1. The average Bonchev–Trinajstić information content (AvgIpc) is 2.61. The maximum atomic E-state index is 6.06. The van der Waals surface area contributed by atoms with Gasteiger partial charge < -0.3 is 10.1 Å². The molecule has 1 heterocycles. The van der Waals surface area contributed by atoms with Gasteiger partial charge in [0.05, 0.1) is 27.8 Å². The Labute approximate surface area is 122 Å². The zero-order chi connectivity index (χ0) is 13.5. The molecule has 0 aliphatic heterocycles. The molecule has 0 aliphatic carbocycles. The molecule has 0 aromatic carbocycles. The van der Waals surface area contributed by atoms with Crippen molar-refractivity contribution in [1.82, 2.24) is 15.1 Å². The van der Waals surface area contributed by atoms with Crippen LogP contribution in [0, 0.1) is 0 Å². The van der Waals surface area contributed by atoms with E-state index in [9.17, 15) is 0 Å². The summed E-state index contributed by atoms with van der Waals surface area (Å²) in [5.41, 5.74) is 2.27. The monoisotopic (exact) mass is 337 g/mol. The second kappa shape index (κ2) is 8.15. The molecule has 1 aromatic rings. The number of methoxy groups -OCH3 is 1. The first-order valence-corrected chi connectivity index (χ1v) is 7.37. The Bertz CT molecular complexity index is 370. The molecule has 1 unspecified atom stereocenters. The highest BCUT2D eigenvalue weighted by molar-refractivity contribution is 9.10. The number of alkyl halides is 1. The first-order chi connectivity index (χ1) is 8.60. The van der Waals surface area contributed by atoms with Gasteiger partial charge in [-0.05, 0) is 35.3 Å². The Hall–Kier alpha value is -0.100. The van der Waals surface area contributed by atoms with Gasteiger partial charge in [0.2, 0.25) is 0 Å². The summed E-state index contributed by atoms with van der Waals surface area (Å²) in [5, 5.41) is 7.91. The molecule has 0 saturated heterocycles. The zero-order valence-corrected chi connectivity index (χ0v) is 13.5. The number of aryl methyl sites for hydroxylation is 2. The van der Waals surface area contributed by atoms with Crippen molar-refractivity contribution in [2.45, 2.75) is 31.7 Å². The topological polar surface area (TPSA) is 39.1 Å². The number of ether oxygens (including phenoxy) is 1. The van der Waals surface area contributed by atoms with E-state index >= 15 is 0 Å². The zero-order valence-electron chi connectivity index (χ0n) is 11.2. The summed E-state index contributed by atoms with van der Waals surface area (Å²) < 4.78 is 8.02. The van der Waals surface area contributed by atoms with E-state index in [-0.39, 0.29) is 5.38 Å². The Morgan fingerprint density at radius 3 is 2.83 bits per heavy atom. The van der Waals surface area contributed by atoms with Gasteiger partial charge in [0, 0.05) is 20.7 Å². The van der Waals surface area contributed by atoms with Gasteiger partial charge in [0.25, 0.3) is 0 Å². The van der Waals surface area contributed by atoms with Crippen LogP contribution in [-0.2, 0) is 24.8 Å². The van der Waals surface area contributed by atoms with E-state index in [2.05, 4.69) is 33.3 Å². The molecule has 1 rings (SSSR count). The van der Waals surface area contributed by atoms with Crippen molar-refractivity contribution in [2.75, 3.05) is 20.3 Å². The van der Waals surface area contributed by atoms with Gasteiger partial charge in [0.15, 0.2) is 0 Å². The van der Waals surface area contributed by atoms with Crippen molar-refractivity contribution < 1.29 is 4.74 Å². The minimum absolute atomic E-state index is 0.0729. The van der Waals surface area contributed by atoms with Crippen molar-refractivity contribution in [3.8, 4) is 0 Å². The fourth-order valence-corrected chi connectivity index (χ4v) is 2.73. The molecule has 6 heteroatoms. The van der Waals surface area contributed by atoms with Gasteiger partial charge in [-0.25, -0.2) is 0 Å². The molecule has 0 radical (unpaired) electrons. The summed E-state index contributed by atoms with van der Waals surface area (Å²) >= 11 is 9.66. The van der Waals surface area contributed by atoms with Crippen LogP contribution in [0.3, 0.4) is 0 Å². The number of hydrogen-bond acceptors (Lipinski definition) is 3. The van der Waals surface area contributed by atoms with Crippen molar-refractivity contribution in [3.05, 3.63) is 15.9 Å². The number of aromatic nitrogens is 2. The van der Waals surface area contributed by atoms with Crippen LogP contribution >= 0.6 is 27.5 Å². The molecular weight excluding hydrogens is 318 g/mol. The lowest BCUT2D eigenvalue weighted by Crippen LogP contribution is -2.21. The Kier molecular flexibility index (Phi) is 7.22. The van der Waals surface area contributed by atoms with E-state index in [1.54, 1.807) is 7.11 Å². The molecule has 0 amide bonds. The number of nitrogens with one attached hydrogen (secondary N) is 1. The summed E-state index contributed by atoms with van der Waals surface area (Å²) in [7, 11) is 3.64. The van der Waals surface area contributed by atoms with Crippen LogP contribution in [0.25, 0.3) is 0 Å². The van der Waals surface area contributed by atoms with Crippen LogP contribution in [0.5, 0.6) is 0 Å². The van der Waals surface area contributed by atoms with Gasteiger partial charge in [-0.3, -0.25) is 4.68 Å². The summed E-state index contributed by atoms with van der Waals surface area (Å²) in [6.07, 6.45) is 1.83. The normalized spacial score (nSPS) is 12.9. The molecule has 18 heavy (non-hydrogen) atoms. The molecule has 0 saturated carbocycles. The van der Waals surface area contributed by atoms with Crippen LogP contribution in [0.4, 0.5) is 0 Å². The lowest BCUT2D eigenvalue weighted by molar-refractivity contribution is 0.195. The fourth-order valence-electron chi connectivity index (χ4n) is 1.74. The van der Waals surface area contributed by atoms with Gasteiger partial charge >= 0.3 is 0 Å². The first kappa shape index (κ1) is 16.0. The highest BCUT2D eigenvalue weighted by atomic mass is 79.9. The highest BCUT2D eigenvalue weighted by Crippen LogP contribution is 2.21. The Morgan fingerprint density at radius 2 is 2.28 bits per heavy atom. The van der Waals surface area contributed by atoms with Crippen LogP contribution in [0.2, 0.25) is 0 Å². The maximum absolute atomic E-state index is 6.06. The Balaban J connectivity index is 2.37. The Morgan fingerprint density at radius 1 is 1.56 bits per heavy atom. The van der Waals surface area contributed by atoms with Gasteiger partial charge in [-0.2, -0.15) is 5.10 Å². The van der Waals surface area contributed by atoms with Crippen LogP contribution in [-0.4, -0.2) is 35.4 Å². The second-order valence-electron chi connectivity index (χ2n) is 4.20. The smallest absolute Gasteiger partial charge is 0.0767 e. The number of halogens is 2. The van der Waals surface area contributed by atoms with Crippen molar-refractivity contribution in [2.24, 2.45) is 7.05 Å². The molecule has 4 nitrogen and oxygen atoms in total. The largest absolute Gasteiger partial charge is 0.383 e. The first-order valence-electron chi connectivity index (χ1n) is 6.14. The van der Waals surface area contributed by atoms with E-state index < -0.39 is 0 Å². The van der Waals surface area contributed by atoms with Crippen LogP contribution in [0.15, 0.2) is 4.47 Å². The van der Waals surface area contributed by atoms with Crippen LogP contribution < -0.4 is 5.32 Å². The highest BCUT2D eigenvalue weighted by Gasteiger charge is 2.12. The van der Waals surface area contributed by atoms with E-state index in [1.807, 2.05) is 11.7 Å². The second-order valence-corrected chi connectivity index (χ2v) is 5.61. The average molecular weight is 339 g/mol. The predicted molar refractivity (Wildman–Crippen MR) is 78.1 cm³/mol. The molecule has 0 aliphatic rings. The van der Waals surface area contributed by atoms with Crippen molar-refractivity contribution in [3.63, 3.8) is 0 Å². The molecule has 0 spiro atoms. The van der Waals surface area contributed by atoms with Gasteiger partial charge in [-0.15, -0.1) is 11.6 Å². The molecule has 0 bridgehead atoms. The SMILES string of the molecule is CCc1nn(C)c(CNCCC(Cl)COC)c1Br. The molecule has 1 N–H and O–H groups in total. The minimum Gasteiger partial charge on any atom is -0.383 e. The van der Waals surface area contributed by atoms with Crippen molar-refractivity contribution in [1.29, 1.82) is 0 Å². The summed E-state index contributed by atoms with van der Waals surface area (Å²) in [6, 6.07) is 0. The molecule has 104 valence electrons. The minimum atomic E-state index is 0.0729. The summed E-state index contributed by atoms with van der Waals surface area (Å²) in [6.45, 7) is 4.36. The third kappa shape index (κ3) is 4.53. The summed E-state index contributed by atoms with van der Waals surface area (Å²) in [5.74, 6) is 0. The standard InChI is InChI=1S/C12H21BrClN3O/c1-4-10-12(13)11(17(2)16-10)7-15-6-5-9(14)8-18-3/h9,15H,4-8H2,1-3H3. The third-order valence-electron chi connectivity index (χ3n) is 2.78. The van der Waals surface area contributed by atoms with E-state index in [1.165, 1.54) is 5.69 Å². The van der Waals surface area contributed by atoms with E-state index in [0.29, 0.717) is 6.61 Å².